The minimum atomic E-state index is 0. The first kappa shape index (κ1) is 27.3. The molecule has 1 N–H and O–H groups in total. The third-order valence-electron chi connectivity index (χ3n) is 6.60. The molecule has 0 aromatic heterocycles. The fourth-order valence-electron chi connectivity index (χ4n) is 4.26. The van der Waals surface area contributed by atoms with Gasteiger partial charge in [-0.2, -0.15) is 0 Å². The largest absolute Gasteiger partial charge is 0.376 e. The molecule has 182 valence electrons. The molecular weight excluding hydrogens is 515 g/mol. The predicted molar refractivity (Wildman–Crippen MR) is 143 cm³/mol. The Hall–Kier alpha value is -0.900. The molecule has 0 aliphatic carbocycles. The average molecular weight is 559 g/mol. The zero-order valence-electron chi connectivity index (χ0n) is 20.4. The van der Waals surface area contributed by atoms with Gasteiger partial charge < -0.3 is 19.7 Å². The summed E-state index contributed by atoms with van der Waals surface area (Å²) < 4.78 is 12.0. The average Bonchev–Trinajstić information content (AvgIpc) is 2.80. The van der Waals surface area contributed by atoms with Crippen LogP contribution in [0.4, 0.5) is 0 Å². The normalized spacial score (nSPS) is 20.5. The van der Waals surface area contributed by atoms with E-state index >= 15 is 0 Å². The van der Waals surface area contributed by atoms with Gasteiger partial charge >= 0.3 is 0 Å². The molecule has 0 radical (unpaired) electrons. The van der Waals surface area contributed by atoms with E-state index in [2.05, 4.69) is 65.3 Å². The van der Waals surface area contributed by atoms with Crippen molar-refractivity contribution in [2.75, 3.05) is 40.4 Å². The molecule has 1 unspecified atom stereocenters. The van der Waals surface area contributed by atoms with E-state index < -0.39 is 0 Å². The maximum atomic E-state index is 6.17. The summed E-state index contributed by atoms with van der Waals surface area (Å²) in [6, 6.07) is 9.24. The Morgan fingerprint density at radius 2 is 1.91 bits per heavy atom. The first-order valence-corrected chi connectivity index (χ1v) is 12.0. The lowest BCUT2D eigenvalue weighted by molar-refractivity contribution is -0.0721. The zero-order chi connectivity index (χ0) is 22.1. The lowest BCUT2D eigenvalue weighted by Crippen LogP contribution is -2.47. The van der Waals surface area contributed by atoms with Crippen LogP contribution in [0.5, 0.6) is 0 Å². The van der Waals surface area contributed by atoms with Gasteiger partial charge in [-0.05, 0) is 64.1 Å². The van der Waals surface area contributed by atoms with Crippen LogP contribution in [0.2, 0.25) is 0 Å². The van der Waals surface area contributed by atoms with Gasteiger partial charge in [-0.25, -0.2) is 0 Å². The van der Waals surface area contributed by atoms with Gasteiger partial charge in [-0.3, -0.25) is 9.89 Å². The number of aliphatic imine (C=N–C) groups is 1. The molecule has 2 aliphatic heterocycles. The van der Waals surface area contributed by atoms with Gasteiger partial charge in [-0.15, -0.1) is 24.0 Å². The molecule has 0 spiro atoms. The van der Waals surface area contributed by atoms with Crippen molar-refractivity contribution in [3.8, 4) is 0 Å². The Morgan fingerprint density at radius 3 is 2.53 bits per heavy atom. The van der Waals surface area contributed by atoms with Gasteiger partial charge in [0.25, 0.3) is 0 Å². The van der Waals surface area contributed by atoms with Gasteiger partial charge in [0, 0.05) is 45.9 Å². The number of rotatable bonds is 8. The molecule has 0 bridgehead atoms. The quantitative estimate of drug-likeness (QED) is 0.294. The highest BCUT2D eigenvalue weighted by Gasteiger charge is 2.24. The summed E-state index contributed by atoms with van der Waals surface area (Å²) >= 11 is 0. The number of benzene rings is 1. The van der Waals surface area contributed by atoms with Gasteiger partial charge in [0.1, 0.15) is 0 Å². The minimum absolute atomic E-state index is 0. The van der Waals surface area contributed by atoms with E-state index in [1.54, 1.807) is 0 Å². The van der Waals surface area contributed by atoms with Crippen molar-refractivity contribution in [3.05, 3.63) is 35.4 Å². The highest BCUT2D eigenvalue weighted by atomic mass is 127. The fourth-order valence-corrected chi connectivity index (χ4v) is 4.26. The molecule has 1 aromatic carbocycles. The lowest BCUT2D eigenvalue weighted by atomic mass is 10.1. The molecule has 32 heavy (non-hydrogen) atoms. The molecule has 1 atom stereocenters. The number of nitrogens with zero attached hydrogens (tertiary/aromatic N) is 3. The summed E-state index contributed by atoms with van der Waals surface area (Å²) in [6.45, 7) is 9.83. The van der Waals surface area contributed by atoms with E-state index in [1.165, 1.54) is 24.0 Å². The topological polar surface area (TPSA) is 49.3 Å². The number of hydrogen-bond donors (Lipinski definition) is 1. The molecule has 1 aromatic rings. The van der Waals surface area contributed by atoms with Gasteiger partial charge in [0.05, 0.1) is 18.8 Å². The number of piperidine rings is 1. The smallest absolute Gasteiger partial charge is 0.193 e. The highest BCUT2D eigenvalue weighted by molar-refractivity contribution is 14.0. The van der Waals surface area contributed by atoms with E-state index in [9.17, 15) is 0 Å². The summed E-state index contributed by atoms with van der Waals surface area (Å²) in [5, 5.41) is 3.59. The fraction of sp³-hybridized carbons (Fsp3) is 0.720. The van der Waals surface area contributed by atoms with E-state index in [-0.39, 0.29) is 24.0 Å². The molecule has 2 saturated heterocycles. The maximum Gasteiger partial charge on any atom is 0.193 e. The Balaban J connectivity index is 0.00000363. The first-order chi connectivity index (χ1) is 15.1. The highest BCUT2D eigenvalue weighted by Crippen LogP contribution is 2.18. The van der Waals surface area contributed by atoms with Crippen LogP contribution >= 0.6 is 24.0 Å². The summed E-state index contributed by atoms with van der Waals surface area (Å²) in [4.78, 5) is 9.28. The van der Waals surface area contributed by atoms with Crippen molar-refractivity contribution in [2.24, 2.45) is 4.99 Å². The monoisotopic (exact) mass is 558 g/mol. The van der Waals surface area contributed by atoms with Crippen LogP contribution in [0.15, 0.2) is 29.3 Å². The SMILES string of the molecule is CN=C(NCc1ccccc1CN(C)C(C)C)N1CCC(OCC2CCCCO2)CC1.I. The Bertz CT molecular complexity index is 686. The maximum absolute atomic E-state index is 6.17. The van der Waals surface area contributed by atoms with Crippen LogP contribution in [0.3, 0.4) is 0 Å². The number of likely N-dealkylation sites (tertiary alicyclic amines) is 1. The van der Waals surface area contributed by atoms with Gasteiger partial charge in [0.15, 0.2) is 5.96 Å². The second-order valence-corrected chi connectivity index (χ2v) is 9.19. The number of ether oxygens (including phenoxy) is 2. The summed E-state index contributed by atoms with van der Waals surface area (Å²) in [6.07, 6.45) is 6.34. The summed E-state index contributed by atoms with van der Waals surface area (Å²) in [5.74, 6) is 0.987. The standard InChI is InChI=1S/C25H42N4O2.HI/c1-20(2)28(4)18-22-10-6-5-9-21(22)17-27-25(26-3)29-14-12-23(13-15-29)31-19-24-11-7-8-16-30-24;/h5-6,9-10,20,23-24H,7-8,11-19H2,1-4H3,(H,26,27);1H. The summed E-state index contributed by atoms with van der Waals surface area (Å²) in [5.41, 5.74) is 2.71. The molecule has 0 saturated carbocycles. The van der Waals surface area contributed by atoms with Crippen molar-refractivity contribution in [2.45, 2.75) is 77.3 Å². The molecule has 0 amide bonds. The first-order valence-electron chi connectivity index (χ1n) is 12.0. The van der Waals surface area contributed by atoms with E-state index in [0.717, 1.165) is 64.6 Å². The second kappa shape index (κ2) is 14.4. The second-order valence-electron chi connectivity index (χ2n) is 9.19. The Kier molecular flexibility index (Phi) is 12.3. The molecule has 3 rings (SSSR count). The molecular formula is C25H43IN4O2. The third-order valence-corrected chi connectivity index (χ3v) is 6.60. The molecule has 2 heterocycles. The van der Waals surface area contributed by atoms with Crippen molar-refractivity contribution in [1.29, 1.82) is 0 Å². The van der Waals surface area contributed by atoms with Crippen LogP contribution < -0.4 is 5.32 Å². The molecule has 6 nitrogen and oxygen atoms in total. The number of halogens is 1. The van der Waals surface area contributed by atoms with Gasteiger partial charge in [0.2, 0.25) is 0 Å². The Labute approximate surface area is 212 Å². The Morgan fingerprint density at radius 1 is 1.19 bits per heavy atom. The van der Waals surface area contributed by atoms with E-state index in [0.29, 0.717) is 18.2 Å². The molecule has 2 fully saturated rings. The third kappa shape index (κ3) is 8.47. The van der Waals surface area contributed by atoms with E-state index in [4.69, 9.17) is 9.47 Å². The minimum Gasteiger partial charge on any atom is -0.376 e. The van der Waals surface area contributed by atoms with Crippen molar-refractivity contribution in [3.63, 3.8) is 0 Å². The van der Waals surface area contributed by atoms with Crippen LogP contribution in [0.1, 0.15) is 57.1 Å². The van der Waals surface area contributed by atoms with E-state index in [1.807, 2.05) is 7.05 Å². The molecule has 7 heteroatoms. The van der Waals surface area contributed by atoms with Crippen LogP contribution in [0, 0.1) is 0 Å². The number of hydrogen-bond acceptors (Lipinski definition) is 4. The summed E-state index contributed by atoms with van der Waals surface area (Å²) in [7, 11) is 4.06. The predicted octanol–water partition coefficient (Wildman–Crippen LogP) is 4.27. The molecule has 2 aliphatic rings. The number of nitrogens with one attached hydrogen (secondary N) is 1. The number of guanidine groups is 1. The van der Waals surface area contributed by atoms with Crippen molar-refractivity contribution in [1.82, 2.24) is 15.1 Å². The van der Waals surface area contributed by atoms with Crippen LogP contribution in [0.25, 0.3) is 0 Å². The van der Waals surface area contributed by atoms with Crippen LogP contribution in [-0.2, 0) is 22.6 Å². The van der Waals surface area contributed by atoms with Crippen molar-refractivity contribution >= 4 is 29.9 Å². The lowest BCUT2D eigenvalue weighted by Gasteiger charge is -2.35. The zero-order valence-corrected chi connectivity index (χ0v) is 22.7. The van der Waals surface area contributed by atoms with Gasteiger partial charge in [-0.1, -0.05) is 24.3 Å². The van der Waals surface area contributed by atoms with Crippen LogP contribution in [-0.4, -0.2) is 74.4 Å². The van der Waals surface area contributed by atoms with Crippen molar-refractivity contribution < 1.29 is 9.47 Å².